The number of anilines is 1. The Morgan fingerprint density at radius 2 is 2.04 bits per heavy atom. The lowest BCUT2D eigenvalue weighted by molar-refractivity contribution is 0.102. The minimum absolute atomic E-state index is 0.0278. The second-order valence-electron chi connectivity index (χ2n) is 5.47. The predicted octanol–water partition coefficient (Wildman–Crippen LogP) is 1.16. The van der Waals surface area contributed by atoms with Crippen molar-refractivity contribution in [3.63, 3.8) is 0 Å². The number of nitrogens with zero attached hydrogens (tertiary/aromatic N) is 5. The number of aryl methyl sites for hydroxylation is 1. The van der Waals surface area contributed by atoms with Crippen LogP contribution in [0.4, 0.5) is 5.69 Å². The maximum Gasteiger partial charge on any atom is 0.278 e. The van der Waals surface area contributed by atoms with E-state index in [-0.39, 0.29) is 11.2 Å². The Morgan fingerprint density at radius 1 is 1.24 bits per heavy atom. The fraction of sp³-hybridized carbons (Fsp3) is 0.0625. The van der Waals surface area contributed by atoms with Gasteiger partial charge in [0.25, 0.3) is 11.5 Å². The van der Waals surface area contributed by atoms with E-state index in [1.165, 1.54) is 4.52 Å². The lowest BCUT2D eigenvalue weighted by atomic mass is 10.2. The third-order valence-electron chi connectivity index (χ3n) is 3.68. The molecular weight excluding hydrogens is 322 g/mol. The van der Waals surface area contributed by atoms with Crippen molar-refractivity contribution in [3.8, 4) is 5.69 Å². The summed E-state index contributed by atoms with van der Waals surface area (Å²) in [6.45, 7) is 1.73. The summed E-state index contributed by atoms with van der Waals surface area (Å²) in [5, 5.41) is 10.4. The number of aromatic nitrogens is 6. The van der Waals surface area contributed by atoms with E-state index in [0.717, 1.165) is 5.69 Å². The lowest BCUT2D eigenvalue weighted by Gasteiger charge is -2.06. The van der Waals surface area contributed by atoms with Gasteiger partial charge in [-0.05, 0) is 31.2 Å². The zero-order chi connectivity index (χ0) is 17.4. The number of carbonyl (C=O) groups excluding carboxylic acids is 1. The van der Waals surface area contributed by atoms with E-state index in [1.807, 2.05) is 22.9 Å². The lowest BCUT2D eigenvalue weighted by Crippen LogP contribution is -2.18. The Hall–Kier alpha value is -3.75. The van der Waals surface area contributed by atoms with Crippen molar-refractivity contribution in [2.75, 3.05) is 5.32 Å². The fourth-order valence-electron chi connectivity index (χ4n) is 2.52. The number of amides is 1. The summed E-state index contributed by atoms with van der Waals surface area (Å²) in [7, 11) is 0. The summed E-state index contributed by atoms with van der Waals surface area (Å²) in [4.78, 5) is 31.1. The first-order valence-corrected chi connectivity index (χ1v) is 7.46. The average Bonchev–Trinajstić information content (AvgIpc) is 3.24. The highest BCUT2D eigenvalue weighted by molar-refractivity contribution is 6.07. The normalized spacial score (nSPS) is 10.9. The van der Waals surface area contributed by atoms with Crippen molar-refractivity contribution in [1.29, 1.82) is 0 Å². The molecule has 1 amide bonds. The molecule has 0 bridgehead atoms. The molecule has 0 aliphatic heterocycles. The molecule has 0 aliphatic rings. The van der Waals surface area contributed by atoms with E-state index in [0.29, 0.717) is 11.4 Å². The van der Waals surface area contributed by atoms with E-state index in [4.69, 9.17) is 0 Å². The number of aromatic amines is 1. The molecule has 9 nitrogen and oxygen atoms in total. The molecule has 0 saturated heterocycles. The fourth-order valence-corrected chi connectivity index (χ4v) is 2.52. The van der Waals surface area contributed by atoms with E-state index in [9.17, 15) is 9.59 Å². The zero-order valence-corrected chi connectivity index (χ0v) is 13.2. The molecule has 0 unspecified atom stereocenters. The Balaban J connectivity index is 1.61. The summed E-state index contributed by atoms with van der Waals surface area (Å²) in [6, 6.07) is 7.20. The molecule has 4 aromatic rings. The number of hydrogen-bond acceptors (Lipinski definition) is 5. The number of rotatable bonds is 3. The van der Waals surface area contributed by atoms with Gasteiger partial charge in [0.2, 0.25) is 0 Å². The van der Waals surface area contributed by atoms with Crippen LogP contribution in [0.3, 0.4) is 0 Å². The SMILES string of the molecule is Cc1cn2nnc(C(=O)Nc3ccc(-n4ccnc4)cc3)c2c(=O)[nH]1. The third kappa shape index (κ3) is 2.67. The minimum Gasteiger partial charge on any atom is -0.323 e. The second kappa shape index (κ2) is 5.71. The average molecular weight is 335 g/mol. The van der Waals surface area contributed by atoms with Crippen LogP contribution in [-0.4, -0.2) is 35.3 Å². The summed E-state index contributed by atoms with van der Waals surface area (Å²) >= 11 is 0. The molecule has 0 aliphatic carbocycles. The maximum atomic E-state index is 12.4. The van der Waals surface area contributed by atoms with Crippen LogP contribution in [0, 0.1) is 6.92 Å². The van der Waals surface area contributed by atoms with E-state index >= 15 is 0 Å². The Kier molecular flexibility index (Phi) is 3.38. The number of H-pyrrole nitrogens is 1. The Morgan fingerprint density at radius 3 is 2.76 bits per heavy atom. The van der Waals surface area contributed by atoms with Crippen LogP contribution in [0.2, 0.25) is 0 Å². The molecule has 3 heterocycles. The van der Waals surface area contributed by atoms with Crippen LogP contribution < -0.4 is 10.9 Å². The molecule has 1 aromatic carbocycles. The van der Waals surface area contributed by atoms with E-state index in [1.54, 1.807) is 37.8 Å². The third-order valence-corrected chi connectivity index (χ3v) is 3.68. The van der Waals surface area contributed by atoms with Crippen LogP contribution in [0.25, 0.3) is 11.2 Å². The van der Waals surface area contributed by atoms with Gasteiger partial charge in [0, 0.05) is 29.5 Å². The van der Waals surface area contributed by atoms with Crippen LogP contribution >= 0.6 is 0 Å². The molecule has 25 heavy (non-hydrogen) atoms. The highest BCUT2D eigenvalue weighted by Crippen LogP contribution is 2.14. The summed E-state index contributed by atoms with van der Waals surface area (Å²) in [5.41, 5.74) is 1.79. The van der Waals surface area contributed by atoms with Crippen LogP contribution in [0.5, 0.6) is 0 Å². The first kappa shape index (κ1) is 14.8. The van der Waals surface area contributed by atoms with E-state index < -0.39 is 11.5 Å². The number of carbonyl (C=O) groups is 1. The smallest absolute Gasteiger partial charge is 0.278 e. The largest absolute Gasteiger partial charge is 0.323 e. The molecule has 0 radical (unpaired) electrons. The van der Waals surface area contributed by atoms with Gasteiger partial charge < -0.3 is 14.9 Å². The number of imidazole rings is 1. The van der Waals surface area contributed by atoms with Crippen molar-refractivity contribution in [3.05, 3.63) is 70.9 Å². The van der Waals surface area contributed by atoms with Crippen molar-refractivity contribution in [2.45, 2.75) is 6.92 Å². The molecule has 124 valence electrons. The van der Waals surface area contributed by atoms with Gasteiger partial charge in [0.15, 0.2) is 11.2 Å². The van der Waals surface area contributed by atoms with E-state index in [2.05, 4.69) is 25.6 Å². The molecule has 2 N–H and O–H groups in total. The molecule has 0 fully saturated rings. The topological polar surface area (TPSA) is 110 Å². The highest BCUT2D eigenvalue weighted by atomic mass is 16.2. The van der Waals surface area contributed by atoms with Gasteiger partial charge in [-0.2, -0.15) is 0 Å². The Labute approximate surface area is 141 Å². The van der Waals surface area contributed by atoms with Crippen LogP contribution in [0.15, 0.2) is 54.0 Å². The first-order valence-electron chi connectivity index (χ1n) is 7.46. The van der Waals surface area contributed by atoms with Crippen molar-refractivity contribution in [1.82, 2.24) is 29.4 Å². The van der Waals surface area contributed by atoms with Crippen LogP contribution in [-0.2, 0) is 0 Å². The maximum absolute atomic E-state index is 12.4. The van der Waals surface area contributed by atoms with Crippen LogP contribution in [0.1, 0.15) is 16.2 Å². The van der Waals surface area contributed by atoms with Gasteiger partial charge in [-0.1, -0.05) is 5.21 Å². The van der Waals surface area contributed by atoms with Crippen molar-refractivity contribution >= 4 is 17.1 Å². The minimum atomic E-state index is -0.500. The number of nitrogens with one attached hydrogen (secondary N) is 2. The molecule has 0 saturated carbocycles. The van der Waals surface area contributed by atoms with Gasteiger partial charge in [-0.25, -0.2) is 9.50 Å². The van der Waals surface area contributed by atoms with Gasteiger partial charge in [-0.3, -0.25) is 9.59 Å². The van der Waals surface area contributed by atoms with Gasteiger partial charge in [0.1, 0.15) is 0 Å². The number of hydrogen-bond donors (Lipinski definition) is 2. The van der Waals surface area contributed by atoms with Gasteiger partial charge in [-0.15, -0.1) is 5.10 Å². The van der Waals surface area contributed by atoms with Gasteiger partial charge in [0.05, 0.1) is 12.5 Å². The molecule has 9 heteroatoms. The second-order valence-corrected chi connectivity index (χ2v) is 5.47. The monoisotopic (exact) mass is 335 g/mol. The summed E-state index contributed by atoms with van der Waals surface area (Å²) < 4.78 is 3.14. The summed E-state index contributed by atoms with van der Waals surface area (Å²) in [5.74, 6) is -0.500. The molecule has 3 aromatic heterocycles. The number of fused-ring (bicyclic) bond motifs is 1. The molecule has 0 atom stereocenters. The highest BCUT2D eigenvalue weighted by Gasteiger charge is 2.18. The van der Waals surface area contributed by atoms with Crippen molar-refractivity contribution < 1.29 is 4.79 Å². The Bertz CT molecular complexity index is 1110. The first-order chi connectivity index (χ1) is 12.1. The quantitative estimate of drug-likeness (QED) is 0.584. The zero-order valence-electron chi connectivity index (χ0n) is 13.2. The number of benzene rings is 1. The molecule has 0 spiro atoms. The summed E-state index contributed by atoms with van der Waals surface area (Å²) in [6.07, 6.45) is 6.79. The predicted molar refractivity (Wildman–Crippen MR) is 89.9 cm³/mol. The van der Waals surface area contributed by atoms with Gasteiger partial charge >= 0.3 is 0 Å². The molecular formula is C16H13N7O2. The van der Waals surface area contributed by atoms with Crippen molar-refractivity contribution in [2.24, 2.45) is 0 Å². The molecule has 4 rings (SSSR count). The standard InChI is InChI=1S/C16H13N7O2/c1-10-8-23-14(16(25)18-10)13(20-21-23)15(24)19-11-2-4-12(5-3-11)22-7-6-17-9-22/h2-9H,1H3,(H,18,25)(H,19,24).